The molecule has 2 N–H and O–H groups in total. The third-order valence-electron chi connectivity index (χ3n) is 4.08. The highest BCUT2D eigenvalue weighted by Crippen LogP contribution is 2.19. The maximum Gasteiger partial charge on any atom is 0.224 e. The summed E-state index contributed by atoms with van der Waals surface area (Å²) in [5.74, 6) is -0.0129. The van der Waals surface area contributed by atoms with Crippen LogP contribution < -0.4 is 5.32 Å². The van der Waals surface area contributed by atoms with E-state index >= 15 is 0 Å². The predicted molar refractivity (Wildman–Crippen MR) is 94.2 cm³/mol. The molecule has 0 atom stereocenters. The van der Waals surface area contributed by atoms with E-state index in [0.717, 1.165) is 37.8 Å². The minimum Gasteiger partial charge on any atom is -0.361 e. The van der Waals surface area contributed by atoms with Crippen molar-refractivity contribution in [3.8, 4) is 0 Å². The van der Waals surface area contributed by atoms with Crippen molar-refractivity contribution in [1.82, 2.24) is 24.9 Å². The van der Waals surface area contributed by atoms with Gasteiger partial charge in [0.05, 0.1) is 24.4 Å². The first-order valence-corrected chi connectivity index (χ1v) is 8.57. The molecule has 3 aromatic heterocycles. The summed E-state index contributed by atoms with van der Waals surface area (Å²) in [5.41, 5.74) is 3.89. The first kappa shape index (κ1) is 14.9. The first-order chi connectivity index (χ1) is 11.6. The second-order valence-corrected chi connectivity index (χ2v) is 6.93. The van der Waals surface area contributed by atoms with Crippen molar-refractivity contribution in [2.24, 2.45) is 0 Å². The van der Waals surface area contributed by atoms with E-state index in [2.05, 4.69) is 20.4 Å². The Kier molecular flexibility index (Phi) is 3.57. The molecule has 0 aliphatic rings. The van der Waals surface area contributed by atoms with E-state index in [9.17, 15) is 4.79 Å². The highest BCUT2D eigenvalue weighted by Gasteiger charge is 2.14. The van der Waals surface area contributed by atoms with E-state index in [1.807, 2.05) is 48.8 Å². The SMILES string of the molecule is Cc1nn2c(CNC(=O)Cc3c[nH]c4ccccc34)c(C)nc2s1. The lowest BCUT2D eigenvalue weighted by Gasteiger charge is -2.05. The maximum atomic E-state index is 12.3. The maximum absolute atomic E-state index is 12.3. The number of para-hydroxylation sites is 1. The largest absolute Gasteiger partial charge is 0.361 e. The summed E-state index contributed by atoms with van der Waals surface area (Å²) < 4.78 is 1.82. The molecule has 0 radical (unpaired) electrons. The number of amides is 1. The van der Waals surface area contributed by atoms with Gasteiger partial charge in [0.2, 0.25) is 10.9 Å². The number of benzene rings is 1. The van der Waals surface area contributed by atoms with Crippen LogP contribution in [0.25, 0.3) is 15.9 Å². The van der Waals surface area contributed by atoms with Gasteiger partial charge in [0.15, 0.2) is 0 Å². The molecule has 0 fully saturated rings. The van der Waals surface area contributed by atoms with Crippen LogP contribution in [0.1, 0.15) is 22.0 Å². The molecular weight excluding hydrogens is 322 g/mol. The summed E-state index contributed by atoms with van der Waals surface area (Å²) in [6, 6.07) is 7.99. The Morgan fingerprint density at radius 3 is 3.04 bits per heavy atom. The van der Waals surface area contributed by atoms with Gasteiger partial charge in [-0.3, -0.25) is 4.79 Å². The van der Waals surface area contributed by atoms with Crippen molar-refractivity contribution in [2.45, 2.75) is 26.8 Å². The highest BCUT2D eigenvalue weighted by atomic mass is 32.1. The summed E-state index contributed by atoms with van der Waals surface area (Å²) in [6.45, 7) is 4.32. The van der Waals surface area contributed by atoms with Crippen molar-refractivity contribution >= 4 is 33.1 Å². The van der Waals surface area contributed by atoms with E-state index in [4.69, 9.17) is 0 Å². The van der Waals surface area contributed by atoms with Crippen LogP contribution in [0.15, 0.2) is 30.5 Å². The van der Waals surface area contributed by atoms with Gasteiger partial charge in [-0.1, -0.05) is 29.5 Å². The quantitative estimate of drug-likeness (QED) is 0.600. The van der Waals surface area contributed by atoms with Gasteiger partial charge in [0.25, 0.3) is 0 Å². The second kappa shape index (κ2) is 5.76. The Hall–Kier alpha value is -2.67. The van der Waals surface area contributed by atoms with E-state index in [1.54, 1.807) is 11.3 Å². The molecule has 4 rings (SSSR count). The molecule has 1 aromatic carbocycles. The van der Waals surface area contributed by atoms with Crippen LogP contribution >= 0.6 is 11.3 Å². The van der Waals surface area contributed by atoms with E-state index < -0.39 is 0 Å². The van der Waals surface area contributed by atoms with Crippen LogP contribution in [0.3, 0.4) is 0 Å². The Labute approximate surface area is 142 Å². The number of imidazole rings is 1. The van der Waals surface area contributed by atoms with Gasteiger partial charge in [0, 0.05) is 17.1 Å². The minimum absolute atomic E-state index is 0.0129. The molecule has 6 nitrogen and oxygen atoms in total. The fourth-order valence-corrected chi connectivity index (χ4v) is 3.69. The highest BCUT2D eigenvalue weighted by molar-refractivity contribution is 7.16. The molecule has 0 aliphatic carbocycles. The van der Waals surface area contributed by atoms with Gasteiger partial charge in [-0.2, -0.15) is 5.10 Å². The normalized spacial score (nSPS) is 11.4. The number of aryl methyl sites for hydroxylation is 2. The third kappa shape index (κ3) is 2.56. The van der Waals surface area contributed by atoms with Gasteiger partial charge in [-0.15, -0.1) is 0 Å². The average molecular weight is 339 g/mol. The van der Waals surface area contributed by atoms with Gasteiger partial charge in [-0.25, -0.2) is 9.50 Å². The number of carbonyl (C=O) groups excluding carboxylic acids is 1. The van der Waals surface area contributed by atoms with Gasteiger partial charge in [0.1, 0.15) is 5.01 Å². The standard InChI is InChI=1S/C17H17N5OS/c1-10-15(22-17(20-10)24-11(2)21-22)9-19-16(23)7-12-8-18-14-6-4-3-5-13(12)14/h3-6,8,18H,7,9H2,1-2H3,(H,19,23). The number of aromatic nitrogens is 4. The van der Waals surface area contributed by atoms with Crippen LogP contribution in [-0.2, 0) is 17.8 Å². The van der Waals surface area contributed by atoms with Crippen molar-refractivity contribution in [3.05, 3.63) is 52.4 Å². The summed E-state index contributed by atoms with van der Waals surface area (Å²) in [6.07, 6.45) is 2.25. The molecule has 122 valence electrons. The Morgan fingerprint density at radius 2 is 2.17 bits per heavy atom. The van der Waals surface area contributed by atoms with E-state index in [-0.39, 0.29) is 5.91 Å². The lowest BCUT2D eigenvalue weighted by molar-refractivity contribution is -0.120. The first-order valence-electron chi connectivity index (χ1n) is 7.75. The van der Waals surface area contributed by atoms with Crippen LogP contribution in [0.5, 0.6) is 0 Å². The zero-order valence-electron chi connectivity index (χ0n) is 13.5. The van der Waals surface area contributed by atoms with Crippen LogP contribution in [0.2, 0.25) is 0 Å². The average Bonchev–Trinajstić information content (AvgIpc) is 3.19. The molecule has 1 amide bonds. The third-order valence-corrected chi connectivity index (χ3v) is 4.90. The predicted octanol–water partition coefficient (Wildman–Crippen LogP) is 2.75. The van der Waals surface area contributed by atoms with Gasteiger partial charge >= 0.3 is 0 Å². The van der Waals surface area contributed by atoms with Crippen LogP contribution in [0.4, 0.5) is 0 Å². The van der Waals surface area contributed by atoms with Gasteiger partial charge in [-0.05, 0) is 25.5 Å². The Balaban J connectivity index is 1.49. The van der Waals surface area contributed by atoms with Crippen molar-refractivity contribution in [2.75, 3.05) is 0 Å². The Bertz CT molecular complexity index is 1040. The van der Waals surface area contributed by atoms with Crippen molar-refractivity contribution in [1.29, 1.82) is 0 Å². The second-order valence-electron chi connectivity index (χ2n) is 5.77. The number of hydrogen-bond donors (Lipinski definition) is 2. The number of carbonyl (C=O) groups is 1. The fourth-order valence-electron chi connectivity index (χ4n) is 2.89. The Morgan fingerprint density at radius 1 is 1.33 bits per heavy atom. The fraction of sp³-hybridized carbons (Fsp3) is 0.235. The number of H-pyrrole nitrogens is 1. The topological polar surface area (TPSA) is 75.1 Å². The molecule has 0 spiro atoms. The molecule has 0 saturated heterocycles. The summed E-state index contributed by atoms with van der Waals surface area (Å²) in [4.78, 5) is 20.9. The lowest BCUT2D eigenvalue weighted by atomic mass is 10.1. The van der Waals surface area contributed by atoms with Crippen molar-refractivity contribution in [3.63, 3.8) is 0 Å². The number of aromatic amines is 1. The zero-order chi connectivity index (χ0) is 16.7. The molecule has 0 bridgehead atoms. The molecule has 0 unspecified atom stereocenters. The summed E-state index contributed by atoms with van der Waals surface area (Å²) in [7, 11) is 0. The van der Waals surface area contributed by atoms with E-state index in [1.165, 1.54) is 0 Å². The molecular formula is C17H17N5OS. The molecule has 3 heterocycles. The number of hydrogen-bond acceptors (Lipinski definition) is 4. The summed E-state index contributed by atoms with van der Waals surface area (Å²) >= 11 is 1.55. The number of nitrogens with zero attached hydrogens (tertiary/aromatic N) is 3. The van der Waals surface area contributed by atoms with Crippen molar-refractivity contribution < 1.29 is 4.79 Å². The van der Waals surface area contributed by atoms with Crippen LogP contribution in [-0.4, -0.2) is 25.5 Å². The lowest BCUT2D eigenvalue weighted by Crippen LogP contribution is -2.25. The zero-order valence-corrected chi connectivity index (χ0v) is 14.3. The van der Waals surface area contributed by atoms with Crippen LogP contribution in [0, 0.1) is 13.8 Å². The van der Waals surface area contributed by atoms with E-state index in [0.29, 0.717) is 13.0 Å². The number of nitrogens with one attached hydrogen (secondary N) is 2. The monoisotopic (exact) mass is 339 g/mol. The molecule has 24 heavy (non-hydrogen) atoms. The number of rotatable bonds is 4. The minimum atomic E-state index is -0.0129. The summed E-state index contributed by atoms with van der Waals surface area (Å²) in [5, 5.41) is 9.48. The molecule has 0 aliphatic heterocycles. The van der Waals surface area contributed by atoms with Gasteiger partial charge < -0.3 is 10.3 Å². The smallest absolute Gasteiger partial charge is 0.224 e. The number of fused-ring (bicyclic) bond motifs is 2. The molecule has 7 heteroatoms. The molecule has 4 aromatic rings. The molecule has 0 saturated carbocycles.